The van der Waals surface area contributed by atoms with Gasteiger partial charge >= 0.3 is 6.03 Å². The van der Waals surface area contributed by atoms with Crippen LogP contribution in [0.1, 0.15) is 50.7 Å². The lowest BCUT2D eigenvalue weighted by Gasteiger charge is -2.35. The van der Waals surface area contributed by atoms with Gasteiger partial charge in [0.15, 0.2) is 0 Å². The standard InChI is InChI=1S/C28H33FN4O/c1-19-26(12-13-30-19)20(2)33-14-8-9-21(18-33)22-15-23(28(3,4)29)17-25(16-22)32-27(34)31-24-10-6-5-7-11-24/h5-7,10-13,15-17,21,30H,1,8-9,14,18H2,2-4H3,(H2,31,32,34)/b26-20+. The molecule has 2 amide bonds. The maximum absolute atomic E-state index is 15.0. The third-order valence-corrected chi connectivity index (χ3v) is 6.52. The third-order valence-electron chi connectivity index (χ3n) is 6.52. The maximum Gasteiger partial charge on any atom is 0.323 e. The fourth-order valence-electron chi connectivity index (χ4n) is 4.58. The van der Waals surface area contributed by atoms with Crippen molar-refractivity contribution in [3.63, 3.8) is 0 Å². The number of carbonyl (C=O) groups is 1. The van der Waals surface area contributed by atoms with E-state index in [1.807, 2.05) is 48.7 Å². The van der Waals surface area contributed by atoms with Crippen molar-refractivity contribution in [1.29, 1.82) is 0 Å². The summed E-state index contributed by atoms with van der Waals surface area (Å²) >= 11 is 0. The number of H-pyrrole nitrogens is 1. The van der Waals surface area contributed by atoms with Crippen molar-refractivity contribution in [2.45, 2.75) is 45.2 Å². The molecular weight excluding hydrogens is 427 g/mol. The second-order valence-electron chi connectivity index (χ2n) is 9.50. The summed E-state index contributed by atoms with van der Waals surface area (Å²) in [6.45, 7) is 11.1. The highest BCUT2D eigenvalue weighted by Crippen LogP contribution is 2.35. The minimum Gasteiger partial charge on any atom is -0.374 e. The molecule has 1 aromatic heterocycles. The first-order valence-electron chi connectivity index (χ1n) is 11.8. The van der Waals surface area contributed by atoms with Gasteiger partial charge in [-0.25, -0.2) is 9.18 Å². The van der Waals surface area contributed by atoms with Gasteiger partial charge in [0, 0.05) is 52.8 Å². The average molecular weight is 461 g/mol. The van der Waals surface area contributed by atoms with Gasteiger partial charge < -0.3 is 20.5 Å². The lowest BCUT2D eigenvalue weighted by atomic mass is 9.87. The molecule has 1 unspecified atom stereocenters. The number of piperidine rings is 1. The second kappa shape index (κ2) is 9.75. The van der Waals surface area contributed by atoms with Crippen LogP contribution in [-0.2, 0) is 5.67 Å². The fourth-order valence-corrected chi connectivity index (χ4v) is 4.58. The Hall–Kier alpha value is -3.54. The number of para-hydroxylation sites is 1. The quantitative estimate of drug-likeness (QED) is 0.485. The van der Waals surface area contributed by atoms with Gasteiger partial charge in [0.05, 0.1) is 0 Å². The Kier molecular flexibility index (Phi) is 6.77. The van der Waals surface area contributed by atoms with Crippen molar-refractivity contribution in [2.24, 2.45) is 0 Å². The first-order valence-corrected chi connectivity index (χ1v) is 11.8. The minimum absolute atomic E-state index is 0.232. The first-order chi connectivity index (χ1) is 16.2. The van der Waals surface area contributed by atoms with Crippen molar-refractivity contribution >= 4 is 29.7 Å². The molecule has 1 fully saturated rings. The van der Waals surface area contributed by atoms with Crippen LogP contribution in [0.5, 0.6) is 0 Å². The molecule has 0 saturated carbocycles. The van der Waals surface area contributed by atoms with Crippen molar-refractivity contribution in [3.05, 3.63) is 82.5 Å². The summed E-state index contributed by atoms with van der Waals surface area (Å²) < 4.78 is 15.0. The molecule has 0 radical (unpaired) electrons. The van der Waals surface area contributed by atoms with E-state index in [4.69, 9.17) is 0 Å². The molecule has 3 N–H and O–H groups in total. The van der Waals surface area contributed by atoms with Gasteiger partial charge in [0.1, 0.15) is 5.67 Å². The molecule has 1 saturated heterocycles. The molecule has 4 rings (SSSR count). The van der Waals surface area contributed by atoms with E-state index in [1.54, 1.807) is 19.9 Å². The third kappa shape index (κ3) is 5.50. The number of nitrogens with one attached hydrogen (secondary N) is 3. The number of aromatic nitrogens is 1. The minimum atomic E-state index is -1.52. The lowest BCUT2D eigenvalue weighted by Crippen LogP contribution is -2.37. The van der Waals surface area contributed by atoms with E-state index in [0.29, 0.717) is 16.9 Å². The van der Waals surface area contributed by atoms with E-state index in [-0.39, 0.29) is 11.9 Å². The van der Waals surface area contributed by atoms with E-state index in [0.717, 1.165) is 42.1 Å². The van der Waals surface area contributed by atoms with Gasteiger partial charge in [-0.05, 0) is 75.1 Å². The van der Waals surface area contributed by atoms with E-state index in [2.05, 4.69) is 40.1 Å². The molecule has 2 heterocycles. The topological polar surface area (TPSA) is 60.2 Å². The molecule has 34 heavy (non-hydrogen) atoms. The number of likely N-dealkylation sites (tertiary alicyclic amines) is 1. The van der Waals surface area contributed by atoms with Crippen molar-refractivity contribution < 1.29 is 9.18 Å². The van der Waals surface area contributed by atoms with E-state index in [1.165, 1.54) is 5.70 Å². The number of alkyl halides is 1. The summed E-state index contributed by atoms with van der Waals surface area (Å²) in [4.78, 5) is 18.1. The van der Waals surface area contributed by atoms with Crippen LogP contribution >= 0.6 is 0 Å². The zero-order valence-electron chi connectivity index (χ0n) is 20.1. The number of halogens is 1. The zero-order chi connectivity index (χ0) is 24.3. The van der Waals surface area contributed by atoms with Gasteiger partial charge in [0.25, 0.3) is 0 Å². The van der Waals surface area contributed by atoms with E-state index in [9.17, 15) is 4.79 Å². The van der Waals surface area contributed by atoms with Crippen LogP contribution in [0.3, 0.4) is 0 Å². The predicted octanol–water partition coefficient (Wildman–Crippen LogP) is 5.28. The number of nitrogens with zero attached hydrogens (tertiary/aromatic N) is 1. The average Bonchev–Trinajstić information content (AvgIpc) is 3.24. The summed E-state index contributed by atoms with van der Waals surface area (Å²) in [6.07, 6.45) is 3.97. The van der Waals surface area contributed by atoms with Crippen molar-refractivity contribution in [2.75, 3.05) is 23.7 Å². The smallest absolute Gasteiger partial charge is 0.323 e. The van der Waals surface area contributed by atoms with Gasteiger partial charge in [-0.15, -0.1) is 0 Å². The number of hydrogen-bond donors (Lipinski definition) is 3. The van der Waals surface area contributed by atoms with E-state index < -0.39 is 5.67 Å². The van der Waals surface area contributed by atoms with Crippen LogP contribution in [0.2, 0.25) is 0 Å². The first kappa shape index (κ1) is 23.6. The van der Waals surface area contributed by atoms with Crippen LogP contribution in [-0.4, -0.2) is 29.0 Å². The molecule has 1 atom stereocenters. The zero-order valence-corrected chi connectivity index (χ0v) is 20.1. The number of benzene rings is 2. The van der Waals surface area contributed by atoms with Crippen LogP contribution < -0.4 is 21.2 Å². The Labute approximate surface area is 200 Å². The Balaban J connectivity index is 1.60. The van der Waals surface area contributed by atoms with Crippen LogP contribution in [0, 0.1) is 0 Å². The van der Waals surface area contributed by atoms with Crippen molar-refractivity contribution in [3.8, 4) is 0 Å². The SMILES string of the molecule is C=c1[nH]cc/c1=C(/C)N1CCCC(c2cc(NC(=O)Nc3ccccc3)cc(C(C)(C)F)c2)C1. The Morgan fingerprint density at radius 1 is 1.12 bits per heavy atom. The number of hydrogen-bond acceptors (Lipinski definition) is 2. The van der Waals surface area contributed by atoms with Gasteiger partial charge in [0.2, 0.25) is 0 Å². The molecule has 178 valence electrons. The summed E-state index contributed by atoms with van der Waals surface area (Å²) in [5, 5.41) is 7.76. The van der Waals surface area contributed by atoms with Crippen LogP contribution in [0.15, 0.2) is 60.8 Å². The number of carbonyl (C=O) groups excluding carboxylic acids is 1. The molecule has 0 spiro atoms. The molecule has 1 aliphatic heterocycles. The summed E-state index contributed by atoms with van der Waals surface area (Å²) in [7, 11) is 0. The van der Waals surface area contributed by atoms with Gasteiger partial charge in [-0.2, -0.15) is 0 Å². The number of amides is 2. The van der Waals surface area contributed by atoms with Gasteiger partial charge in [-0.1, -0.05) is 30.8 Å². The number of urea groups is 1. The largest absolute Gasteiger partial charge is 0.374 e. The predicted molar refractivity (Wildman–Crippen MR) is 138 cm³/mol. The number of aromatic amines is 1. The molecule has 3 aromatic rings. The Morgan fingerprint density at radius 2 is 1.85 bits per heavy atom. The highest BCUT2D eigenvalue weighted by Gasteiger charge is 2.26. The van der Waals surface area contributed by atoms with Crippen LogP contribution in [0.25, 0.3) is 12.3 Å². The highest BCUT2D eigenvalue weighted by molar-refractivity contribution is 5.99. The van der Waals surface area contributed by atoms with Gasteiger partial charge in [-0.3, -0.25) is 0 Å². The molecule has 5 nitrogen and oxygen atoms in total. The summed E-state index contributed by atoms with van der Waals surface area (Å²) in [6, 6.07) is 16.6. The number of anilines is 2. The fraction of sp³-hybridized carbons (Fsp3) is 0.321. The number of rotatable bonds is 5. The molecule has 0 bridgehead atoms. The van der Waals surface area contributed by atoms with Crippen LogP contribution in [0.4, 0.5) is 20.6 Å². The van der Waals surface area contributed by atoms with Crippen molar-refractivity contribution in [1.82, 2.24) is 9.88 Å². The highest BCUT2D eigenvalue weighted by atomic mass is 19.1. The Morgan fingerprint density at radius 3 is 2.53 bits per heavy atom. The molecule has 1 aliphatic rings. The molecule has 2 aromatic carbocycles. The molecule has 6 heteroatoms. The molecule has 0 aliphatic carbocycles. The summed E-state index contributed by atoms with van der Waals surface area (Å²) in [5.41, 5.74) is 2.56. The lowest BCUT2D eigenvalue weighted by molar-refractivity contribution is 0.221. The monoisotopic (exact) mass is 460 g/mol. The second-order valence-corrected chi connectivity index (χ2v) is 9.50. The maximum atomic E-state index is 15.0. The molecular formula is C28H33FN4O. The summed E-state index contributed by atoms with van der Waals surface area (Å²) in [5.74, 6) is 0.232. The normalized spacial score (nSPS) is 17.3. The van der Waals surface area contributed by atoms with E-state index >= 15 is 4.39 Å². The Bertz CT molecular complexity index is 1260.